The highest BCUT2D eigenvalue weighted by Crippen LogP contribution is 2.25. The van der Waals surface area contributed by atoms with Gasteiger partial charge in [0.2, 0.25) is 0 Å². The number of aliphatic hydroxyl groups excluding tert-OH is 1. The number of aliphatic hydroxyl groups is 1. The van der Waals surface area contributed by atoms with Crippen LogP contribution in [0.25, 0.3) is 11.1 Å². The van der Waals surface area contributed by atoms with Crippen molar-refractivity contribution < 1.29 is 19.4 Å². The molecule has 1 aliphatic rings. The van der Waals surface area contributed by atoms with E-state index in [0.29, 0.717) is 17.9 Å². The minimum atomic E-state index is -0.573. The second-order valence-electron chi connectivity index (χ2n) is 7.82. The van der Waals surface area contributed by atoms with Gasteiger partial charge in [-0.1, -0.05) is 48.5 Å². The van der Waals surface area contributed by atoms with Gasteiger partial charge in [0, 0.05) is 19.6 Å². The summed E-state index contributed by atoms with van der Waals surface area (Å²) in [6.45, 7) is 2.61. The molecule has 0 saturated heterocycles. The summed E-state index contributed by atoms with van der Waals surface area (Å²) in [7, 11) is 1.37. The third kappa shape index (κ3) is 5.32. The zero-order valence-corrected chi connectivity index (χ0v) is 17.7. The first-order chi connectivity index (χ1) is 15.1. The first-order valence-electron chi connectivity index (χ1n) is 10.5. The van der Waals surface area contributed by atoms with Gasteiger partial charge in [-0.2, -0.15) is 0 Å². The Morgan fingerprint density at radius 2 is 1.74 bits per heavy atom. The zero-order chi connectivity index (χ0) is 21.6. The highest BCUT2D eigenvalue weighted by Gasteiger charge is 2.18. The molecule has 0 radical (unpaired) electrons. The first-order valence-corrected chi connectivity index (χ1v) is 10.5. The molecule has 1 heterocycles. The van der Waals surface area contributed by atoms with Crippen molar-refractivity contribution in [2.45, 2.75) is 19.1 Å². The third-order valence-corrected chi connectivity index (χ3v) is 5.57. The normalized spacial score (nSPS) is 14.5. The number of ether oxygens (including phenoxy) is 2. The van der Waals surface area contributed by atoms with E-state index in [1.165, 1.54) is 18.2 Å². The molecule has 1 unspecified atom stereocenters. The van der Waals surface area contributed by atoms with Gasteiger partial charge in [-0.05, 0) is 52.9 Å². The van der Waals surface area contributed by atoms with Crippen LogP contribution in [0.5, 0.6) is 5.75 Å². The average Bonchev–Trinajstić information content (AvgIpc) is 2.82. The Balaban J connectivity index is 1.35. The van der Waals surface area contributed by atoms with Crippen LogP contribution in [0.1, 0.15) is 21.5 Å². The predicted molar refractivity (Wildman–Crippen MR) is 120 cm³/mol. The molecule has 0 spiro atoms. The third-order valence-electron chi connectivity index (χ3n) is 5.57. The molecule has 0 aromatic heterocycles. The molecule has 160 valence electrons. The first kappa shape index (κ1) is 21.1. The van der Waals surface area contributed by atoms with Gasteiger partial charge in [-0.15, -0.1) is 0 Å². The molecule has 0 aliphatic carbocycles. The lowest BCUT2D eigenvalue weighted by Crippen LogP contribution is -2.38. The molecule has 3 aromatic rings. The smallest absolute Gasteiger partial charge is 0.337 e. The summed E-state index contributed by atoms with van der Waals surface area (Å²) in [5.74, 6) is 0.321. The summed E-state index contributed by atoms with van der Waals surface area (Å²) in [5, 5.41) is 10.5. The second kappa shape index (κ2) is 9.77. The molecule has 3 aromatic carbocycles. The molecule has 0 amide bonds. The fourth-order valence-corrected chi connectivity index (χ4v) is 3.96. The predicted octanol–water partition coefficient (Wildman–Crippen LogP) is 3.94. The lowest BCUT2D eigenvalue weighted by molar-refractivity contribution is 0.0600. The van der Waals surface area contributed by atoms with E-state index in [1.807, 2.05) is 36.4 Å². The van der Waals surface area contributed by atoms with Crippen molar-refractivity contribution in [1.82, 2.24) is 4.90 Å². The highest BCUT2D eigenvalue weighted by atomic mass is 16.5. The Labute approximate surface area is 182 Å². The van der Waals surface area contributed by atoms with Crippen molar-refractivity contribution in [2.75, 3.05) is 26.8 Å². The lowest BCUT2D eigenvalue weighted by atomic mass is 10.00. The van der Waals surface area contributed by atoms with Gasteiger partial charge < -0.3 is 14.6 Å². The SMILES string of the molecule is COC(=O)c1cccc(-c2cccc(OCC(O)CN3CCc4ccccc4C3)c2)c1. The van der Waals surface area contributed by atoms with Gasteiger partial charge in [0.15, 0.2) is 0 Å². The molecular formula is C26H27NO4. The van der Waals surface area contributed by atoms with E-state index in [0.717, 1.165) is 30.6 Å². The molecule has 4 rings (SSSR count). The second-order valence-corrected chi connectivity index (χ2v) is 7.82. The molecule has 0 saturated carbocycles. The van der Waals surface area contributed by atoms with Gasteiger partial charge in [-0.25, -0.2) is 4.79 Å². The largest absolute Gasteiger partial charge is 0.491 e. The Bertz CT molecular complexity index is 1050. The maximum Gasteiger partial charge on any atom is 0.337 e. The van der Waals surface area contributed by atoms with E-state index in [4.69, 9.17) is 9.47 Å². The summed E-state index contributed by atoms with van der Waals surface area (Å²) < 4.78 is 10.7. The van der Waals surface area contributed by atoms with Crippen LogP contribution >= 0.6 is 0 Å². The lowest BCUT2D eigenvalue weighted by Gasteiger charge is -2.30. The van der Waals surface area contributed by atoms with Crippen LogP contribution in [0.4, 0.5) is 0 Å². The molecule has 1 aliphatic heterocycles. The number of rotatable bonds is 7. The van der Waals surface area contributed by atoms with Crippen molar-refractivity contribution in [3.63, 3.8) is 0 Å². The summed E-state index contributed by atoms with van der Waals surface area (Å²) >= 11 is 0. The number of carbonyl (C=O) groups is 1. The minimum absolute atomic E-state index is 0.226. The van der Waals surface area contributed by atoms with Crippen molar-refractivity contribution >= 4 is 5.97 Å². The van der Waals surface area contributed by atoms with E-state index < -0.39 is 6.10 Å². The number of hydrogen-bond donors (Lipinski definition) is 1. The van der Waals surface area contributed by atoms with E-state index in [2.05, 4.69) is 29.2 Å². The van der Waals surface area contributed by atoms with Gasteiger partial charge in [0.25, 0.3) is 0 Å². The fraction of sp³-hybridized carbons (Fsp3) is 0.269. The van der Waals surface area contributed by atoms with Crippen LogP contribution in [-0.4, -0.2) is 48.9 Å². The van der Waals surface area contributed by atoms with Gasteiger partial charge in [0.05, 0.1) is 12.7 Å². The van der Waals surface area contributed by atoms with Crippen molar-refractivity contribution in [1.29, 1.82) is 0 Å². The molecule has 5 heteroatoms. The van der Waals surface area contributed by atoms with Crippen LogP contribution in [0.3, 0.4) is 0 Å². The maximum atomic E-state index is 11.8. The van der Waals surface area contributed by atoms with Crippen molar-refractivity contribution in [3.8, 4) is 16.9 Å². The molecule has 0 bridgehead atoms. The number of methoxy groups -OCH3 is 1. The zero-order valence-electron chi connectivity index (χ0n) is 17.7. The number of β-amino-alcohol motifs (C(OH)–C–C–N with tert-alkyl or cyclic N) is 1. The van der Waals surface area contributed by atoms with Crippen LogP contribution in [-0.2, 0) is 17.7 Å². The number of esters is 1. The van der Waals surface area contributed by atoms with Crippen LogP contribution in [0.15, 0.2) is 72.8 Å². The summed E-state index contributed by atoms with van der Waals surface area (Å²) in [6, 6.07) is 23.4. The Hall–Kier alpha value is -3.15. The van der Waals surface area contributed by atoms with Crippen molar-refractivity contribution in [2.24, 2.45) is 0 Å². The number of benzene rings is 3. The molecular weight excluding hydrogens is 390 g/mol. The number of hydrogen-bond acceptors (Lipinski definition) is 5. The molecule has 1 N–H and O–H groups in total. The molecule has 5 nitrogen and oxygen atoms in total. The molecule has 1 atom stereocenters. The minimum Gasteiger partial charge on any atom is -0.491 e. The maximum absolute atomic E-state index is 11.8. The standard InChI is InChI=1S/C26H27NO4/c1-30-26(29)22-10-4-8-20(14-22)21-9-5-11-25(15-21)31-18-24(28)17-27-13-12-19-6-2-3-7-23(19)16-27/h2-11,14-15,24,28H,12-13,16-18H2,1H3. The summed E-state index contributed by atoms with van der Waals surface area (Å²) in [6.07, 6.45) is 0.438. The molecule has 31 heavy (non-hydrogen) atoms. The van der Waals surface area contributed by atoms with Gasteiger partial charge in [-0.3, -0.25) is 4.90 Å². The Kier molecular flexibility index (Phi) is 6.65. The van der Waals surface area contributed by atoms with Crippen molar-refractivity contribution in [3.05, 3.63) is 89.5 Å². The van der Waals surface area contributed by atoms with Gasteiger partial charge >= 0.3 is 5.97 Å². The topological polar surface area (TPSA) is 59.0 Å². The molecule has 0 fully saturated rings. The Morgan fingerprint density at radius 3 is 2.55 bits per heavy atom. The van der Waals surface area contributed by atoms with E-state index in [9.17, 15) is 9.90 Å². The van der Waals surface area contributed by atoms with Crippen LogP contribution < -0.4 is 4.74 Å². The average molecular weight is 418 g/mol. The number of fused-ring (bicyclic) bond motifs is 1. The van der Waals surface area contributed by atoms with Gasteiger partial charge in [0.1, 0.15) is 18.5 Å². The monoisotopic (exact) mass is 417 g/mol. The van der Waals surface area contributed by atoms with Crippen LogP contribution in [0.2, 0.25) is 0 Å². The number of carbonyl (C=O) groups excluding carboxylic acids is 1. The Morgan fingerprint density at radius 1 is 1.00 bits per heavy atom. The van der Waals surface area contributed by atoms with E-state index in [-0.39, 0.29) is 12.6 Å². The quantitative estimate of drug-likeness (QED) is 0.590. The number of nitrogens with zero attached hydrogens (tertiary/aromatic N) is 1. The fourth-order valence-electron chi connectivity index (χ4n) is 3.96. The summed E-state index contributed by atoms with van der Waals surface area (Å²) in [5.41, 5.74) is 5.08. The summed E-state index contributed by atoms with van der Waals surface area (Å²) in [4.78, 5) is 14.1. The van der Waals surface area contributed by atoms with E-state index >= 15 is 0 Å². The van der Waals surface area contributed by atoms with E-state index in [1.54, 1.807) is 12.1 Å². The van der Waals surface area contributed by atoms with Crippen LogP contribution in [0, 0.1) is 0 Å². The highest BCUT2D eigenvalue weighted by molar-refractivity contribution is 5.91.